The first kappa shape index (κ1) is 19.2. The fourth-order valence-corrected chi connectivity index (χ4v) is 3.04. The third-order valence-electron chi connectivity index (χ3n) is 4.59. The fourth-order valence-electron chi connectivity index (χ4n) is 3.04. The van der Waals surface area contributed by atoms with E-state index in [0.717, 1.165) is 12.1 Å². The van der Waals surface area contributed by atoms with Crippen LogP contribution >= 0.6 is 0 Å². The van der Waals surface area contributed by atoms with Crippen LogP contribution in [0, 0.1) is 10.1 Å². The standard InChI is InChI=1S/C19H19N3O6/c1-28-15-4-2-3-13(11-15)18(24)20-7-9-21(10-8-20)19(25)14-5-6-16(22(26)27)17(23)12-14/h2-6,11-12,23H,7-10H2,1H3. The quantitative estimate of drug-likeness (QED) is 0.635. The van der Waals surface area contributed by atoms with Crippen molar-refractivity contribution in [2.75, 3.05) is 33.3 Å². The minimum absolute atomic E-state index is 0.140. The summed E-state index contributed by atoms with van der Waals surface area (Å²) < 4.78 is 5.14. The van der Waals surface area contributed by atoms with Crippen LogP contribution in [0.25, 0.3) is 0 Å². The monoisotopic (exact) mass is 385 g/mol. The molecule has 1 N–H and O–H groups in total. The Morgan fingerprint density at radius 2 is 1.57 bits per heavy atom. The number of methoxy groups -OCH3 is 1. The summed E-state index contributed by atoms with van der Waals surface area (Å²) in [6.45, 7) is 1.38. The van der Waals surface area contributed by atoms with E-state index >= 15 is 0 Å². The van der Waals surface area contributed by atoms with E-state index in [9.17, 15) is 24.8 Å². The first-order chi connectivity index (χ1) is 13.4. The summed E-state index contributed by atoms with van der Waals surface area (Å²) in [5.74, 6) is -0.446. The maximum atomic E-state index is 12.6. The molecule has 0 saturated carbocycles. The Balaban J connectivity index is 1.64. The van der Waals surface area contributed by atoms with Gasteiger partial charge < -0.3 is 19.6 Å². The molecule has 146 valence electrons. The Bertz CT molecular complexity index is 922. The number of phenolic OH excluding ortho intramolecular Hbond substituents is 1. The van der Waals surface area contributed by atoms with Crippen LogP contribution in [0.2, 0.25) is 0 Å². The highest BCUT2D eigenvalue weighted by Crippen LogP contribution is 2.27. The number of nitro benzene ring substituents is 1. The molecule has 2 amide bonds. The first-order valence-corrected chi connectivity index (χ1v) is 8.60. The van der Waals surface area contributed by atoms with Crippen LogP contribution in [0.3, 0.4) is 0 Å². The van der Waals surface area contributed by atoms with Crippen LogP contribution in [-0.2, 0) is 0 Å². The lowest BCUT2D eigenvalue weighted by Crippen LogP contribution is -2.50. The van der Waals surface area contributed by atoms with E-state index < -0.39 is 16.4 Å². The molecular weight excluding hydrogens is 366 g/mol. The molecule has 1 saturated heterocycles. The Labute approximate surface area is 160 Å². The Hall–Kier alpha value is -3.62. The zero-order chi connectivity index (χ0) is 20.3. The predicted octanol–water partition coefficient (Wildman–Crippen LogP) is 1.91. The number of rotatable bonds is 4. The number of benzene rings is 2. The number of carbonyl (C=O) groups excluding carboxylic acids is 2. The van der Waals surface area contributed by atoms with E-state index in [2.05, 4.69) is 0 Å². The molecule has 1 aliphatic heterocycles. The van der Waals surface area contributed by atoms with E-state index in [0.29, 0.717) is 37.5 Å². The summed E-state index contributed by atoms with van der Waals surface area (Å²) in [6.07, 6.45) is 0. The lowest BCUT2D eigenvalue weighted by molar-refractivity contribution is -0.385. The topological polar surface area (TPSA) is 113 Å². The summed E-state index contributed by atoms with van der Waals surface area (Å²) in [4.78, 5) is 38.5. The smallest absolute Gasteiger partial charge is 0.310 e. The molecule has 1 heterocycles. The van der Waals surface area contributed by atoms with Crippen LogP contribution in [0.4, 0.5) is 5.69 Å². The maximum Gasteiger partial charge on any atom is 0.310 e. The molecule has 2 aromatic rings. The van der Waals surface area contributed by atoms with E-state index in [1.807, 2.05) is 0 Å². The van der Waals surface area contributed by atoms with Gasteiger partial charge in [0.15, 0.2) is 5.75 Å². The number of piperazine rings is 1. The van der Waals surface area contributed by atoms with Crippen molar-refractivity contribution < 1.29 is 24.4 Å². The van der Waals surface area contributed by atoms with E-state index in [1.165, 1.54) is 13.2 Å². The summed E-state index contributed by atoms with van der Waals surface area (Å²) in [6, 6.07) is 10.4. The number of hydrogen-bond donors (Lipinski definition) is 1. The Morgan fingerprint density at radius 3 is 2.07 bits per heavy atom. The van der Waals surface area contributed by atoms with Crippen molar-refractivity contribution in [1.82, 2.24) is 9.80 Å². The zero-order valence-electron chi connectivity index (χ0n) is 15.2. The van der Waals surface area contributed by atoms with Gasteiger partial charge in [0.2, 0.25) is 0 Å². The van der Waals surface area contributed by atoms with Crippen LogP contribution in [0.1, 0.15) is 20.7 Å². The molecule has 0 aromatic heterocycles. The first-order valence-electron chi connectivity index (χ1n) is 8.60. The molecule has 0 bridgehead atoms. The number of phenols is 1. The second-order valence-electron chi connectivity index (χ2n) is 6.28. The molecular formula is C19H19N3O6. The normalized spacial score (nSPS) is 13.9. The molecule has 1 aliphatic rings. The highest BCUT2D eigenvalue weighted by molar-refractivity contribution is 5.96. The third-order valence-corrected chi connectivity index (χ3v) is 4.59. The van der Waals surface area contributed by atoms with Crippen LogP contribution in [0.15, 0.2) is 42.5 Å². The van der Waals surface area contributed by atoms with E-state index in [-0.39, 0.29) is 17.4 Å². The molecule has 0 radical (unpaired) electrons. The van der Waals surface area contributed by atoms with Gasteiger partial charge in [-0.15, -0.1) is 0 Å². The average molecular weight is 385 g/mol. The molecule has 1 fully saturated rings. The van der Waals surface area contributed by atoms with Gasteiger partial charge in [0.1, 0.15) is 5.75 Å². The maximum absolute atomic E-state index is 12.6. The summed E-state index contributed by atoms with van der Waals surface area (Å²) in [7, 11) is 1.53. The van der Waals surface area contributed by atoms with Crippen LogP contribution in [0.5, 0.6) is 11.5 Å². The van der Waals surface area contributed by atoms with Crippen molar-refractivity contribution in [2.45, 2.75) is 0 Å². The lowest BCUT2D eigenvalue weighted by atomic mass is 10.1. The van der Waals surface area contributed by atoms with Crippen molar-refractivity contribution in [2.24, 2.45) is 0 Å². The van der Waals surface area contributed by atoms with Crippen molar-refractivity contribution in [3.63, 3.8) is 0 Å². The second kappa shape index (κ2) is 7.95. The summed E-state index contributed by atoms with van der Waals surface area (Å²) in [5.41, 5.74) is 0.223. The van der Waals surface area contributed by atoms with Crippen LogP contribution in [-0.4, -0.2) is 64.9 Å². The number of nitrogens with zero attached hydrogens (tertiary/aromatic N) is 3. The van der Waals surface area contributed by atoms with Gasteiger partial charge in [-0.3, -0.25) is 19.7 Å². The molecule has 28 heavy (non-hydrogen) atoms. The van der Waals surface area contributed by atoms with Gasteiger partial charge in [-0.05, 0) is 30.3 Å². The van der Waals surface area contributed by atoms with Gasteiger partial charge in [0.25, 0.3) is 11.8 Å². The van der Waals surface area contributed by atoms with E-state index in [4.69, 9.17) is 4.74 Å². The van der Waals surface area contributed by atoms with Crippen molar-refractivity contribution >= 4 is 17.5 Å². The van der Waals surface area contributed by atoms with Crippen LogP contribution < -0.4 is 4.74 Å². The van der Waals surface area contributed by atoms with Crippen molar-refractivity contribution in [3.05, 3.63) is 63.7 Å². The molecule has 0 spiro atoms. The average Bonchev–Trinajstić information content (AvgIpc) is 2.72. The highest BCUT2D eigenvalue weighted by atomic mass is 16.6. The minimum atomic E-state index is -0.716. The molecule has 9 nitrogen and oxygen atoms in total. The third kappa shape index (κ3) is 3.88. The zero-order valence-corrected chi connectivity index (χ0v) is 15.2. The predicted molar refractivity (Wildman–Crippen MR) is 99.6 cm³/mol. The lowest BCUT2D eigenvalue weighted by Gasteiger charge is -2.35. The van der Waals surface area contributed by atoms with Crippen molar-refractivity contribution in [3.8, 4) is 11.5 Å². The van der Waals surface area contributed by atoms with E-state index in [1.54, 1.807) is 34.1 Å². The number of amides is 2. The van der Waals surface area contributed by atoms with Crippen molar-refractivity contribution in [1.29, 1.82) is 0 Å². The van der Waals surface area contributed by atoms with Gasteiger partial charge in [-0.2, -0.15) is 0 Å². The fraction of sp³-hybridized carbons (Fsp3) is 0.263. The van der Waals surface area contributed by atoms with Gasteiger partial charge in [-0.1, -0.05) is 6.07 Å². The molecule has 2 aromatic carbocycles. The highest BCUT2D eigenvalue weighted by Gasteiger charge is 2.26. The molecule has 3 rings (SSSR count). The van der Waals surface area contributed by atoms with Gasteiger partial charge in [-0.25, -0.2) is 0 Å². The number of nitro groups is 1. The number of carbonyl (C=O) groups is 2. The minimum Gasteiger partial charge on any atom is -0.502 e. The second-order valence-corrected chi connectivity index (χ2v) is 6.28. The summed E-state index contributed by atoms with van der Waals surface area (Å²) in [5, 5.41) is 20.5. The molecule has 0 unspecified atom stereocenters. The number of hydrogen-bond acceptors (Lipinski definition) is 6. The largest absolute Gasteiger partial charge is 0.502 e. The van der Waals surface area contributed by atoms with Gasteiger partial charge >= 0.3 is 5.69 Å². The molecule has 0 atom stereocenters. The Morgan fingerprint density at radius 1 is 1.00 bits per heavy atom. The summed E-state index contributed by atoms with van der Waals surface area (Å²) >= 11 is 0. The van der Waals surface area contributed by atoms with Gasteiger partial charge in [0.05, 0.1) is 12.0 Å². The Kier molecular flexibility index (Phi) is 5.44. The molecule has 9 heteroatoms. The SMILES string of the molecule is COc1cccc(C(=O)N2CCN(C(=O)c3ccc([N+](=O)[O-])c(O)c3)CC2)c1. The molecule has 0 aliphatic carbocycles. The van der Waals surface area contributed by atoms with Gasteiger partial charge in [0, 0.05) is 43.4 Å². The number of ether oxygens (including phenoxy) is 1. The number of aromatic hydroxyl groups is 1.